The van der Waals surface area contributed by atoms with Crippen molar-refractivity contribution in [2.75, 3.05) is 29.9 Å². The van der Waals surface area contributed by atoms with Crippen LogP contribution in [-0.2, 0) is 0 Å². The second-order valence-corrected chi connectivity index (χ2v) is 4.22. The van der Waals surface area contributed by atoms with E-state index in [-0.39, 0.29) is 0 Å². The van der Waals surface area contributed by atoms with Gasteiger partial charge in [-0.05, 0) is 44.5 Å². The number of anilines is 2. The summed E-state index contributed by atoms with van der Waals surface area (Å²) < 4.78 is 0. The fourth-order valence-electron chi connectivity index (χ4n) is 1.83. The summed E-state index contributed by atoms with van der Waals surface area (Å²) in [4.78, 5) is 6.61. The van der Waals surface area contributed by atoms with Gasteiger partial charge in [-0.3, -0.25) is 10.4 Å². The van der Waals surface area contributed by atoms with Crippen molar-refractivity contribution in [2.45, 2.75) is 27.2 Å². The van der Waals surface area contributed by atoms with E-state index in [2.05, 4.69) is 53.5 Å². The first-order valence-electron chi connectivity index (χ1n) is 6.88. The molecule has 0 aromatic heterocycles. The highest BCUT2D eigenvalue weighted by Crippen LogP contribution is 2.17. The summed E-state index contributed by atoms with van der Waals surface area (Å²) in [5, 5.41) is 3.16. The van der Waals surface area contributed by atoms with E-state index >= 15 is 0 Å². The summed E-state index contributed by atoms with van der Waals surface area (Å²) in [6.45, 7) is 9.17. The maximum Gasteiger partial charge on any atom is 0.210 e. The number of nitrogens with two attached hydrogens (primary N) is 1. The van der Waals surface area contributed by atoms with Crippen LogP contribution in [0.2, 0.25) is 0 Å². The smallest absolute Gasteiger partial charge is 0.210 e. The molecular weight excluding hydrogens is 238 g/mol. The Morgan fingerprint density at radius 1 is 1.16 bits per heavy atom. The zero-order valence-electron chi connectivity index (χ0n) is 12.1. The van der Waals surface area contributed by atoms with Gasteiger partial charge in [-0.2, -0.15) is 0 Å². The van der Waals surface area contributed by atoms with Crippen LogP contribution in [0.3, 0.4) is 0 Å². The number of aliphatic imine (C=N–C) groups is 1. The lowest BCUT2D eigenvalue weighted by Gasteiger charge is -2.21. The molecule has 0 bridgehead atoms. The molecule has 5 heteroatoms. The molecule has 0 radical (unpaired) electrons. The minimum absolute atomic E-state index is 0.595. The van der Waals surface area contributed by atoms with Gasteiger partial charge in [0.1, 0.15) is 0 Å². The first kappa shape index (κ1) is 15.3. The van der Waals surface area contributed by atoms with E-state index in [0.29, 0.717) is 5.96 Å². The second-order valence-electron chi connectivity index (χ2n) is 4.22. The number of nitrogens with zero attached hydrogens (tertiary/aromatic N) is 2. The van der Waals surface area contributed by atoms with Gasteiger partial charge in [0.2, 0.25) is 5.96 Å². The third-order valence-corrected chi connectivity index (χ3v) is 2.89. The largest absolute Gasteiger partial charge is 0.372 e. The quantitative estimate of drug-likeness (QED) is 0.318. The summed E-state index contributed by atoms with van der Waals surface area (Å²) in [5.41, 5.74) is 4.77. The Morgan fingerprint density at radius 2 is 1.79 bits per heavy atom. The zero-order valence-corrected chi connectivity index (χ0v) is 12.1. The molecule has 19 heavy (non-hydrogen) atoms. The zero-order chi connectivity index (χ0) is 14.1. The summed E-state index contributed by atoms with van der Waals surface area (Å²) in [6, 6.07) is 8.27. The van der Waals surface area contributed by atoms with Gasteiger partial charge in [0.25, 0.3) is 0 Å². The molecule has 0 amide bonds. The van der Waals surface area contributed by atoms with Gasteiger partial charge in [0.15, 0.2) is 0 Å². The Hall–Kier alpha value is -1.75. The number of benzene rings is 1. The number of hydrazine groups is 1. The van der Waals surface area contributed by atoms with Crippen LogP contribution < -0.4 is 21.5 Å². The van der Waals surface area contributed by atoms with Crippen molar-refractivity contribution in [3.8, 4) is 0 Å². The second kappa shape index (κ2) is 8.37. The highest BCUT2D eigenvalue weighted by atomic mass is 15.3. The van der Waals surface area contributed by atoms with Crippen LogP contribution in [0.4, 0.5) is 11.4 Å². The molecule has 1 rings (SSSR count). The lowest BCUT2D eigenvalue weighted by Crippen LogP contribution is -2.36. The number of hydrogen-bond acceptors (Lipinski definition) is 3. The number of guanidine groups is 1. The lowest BCUT2D eigenvalue weighted by atomic mass is 10.2. The van der Waals surface area contributed by atoms with Crippen molar-refractivity contribution in [1.82, 2.24) is 5.43 Å². The van der Waals surface area contributed by atoms with E-state index in [0.717, 1.165) is 31.7 Å². The van der Waals surface area contributed by atoms with E-state index in [1.165, 1.54) is 5.69 Å². The average molecular weight is 263 g/mol. The molecule has 5 nitrogen and oxygen atoms in total. The number of hydrogen-bond donors (Lipinski definition) is 3. The monoisotopic (exact) mass is 263 g/mol. The van der Waals surface area contributed by atoms with Crippen molar-refractivity contribution < 1.29 is 0 Å². The van der Waals surface area contributed by atoms with Crippen LogP contribution in [0, 0.1) is 0 Å². The van der Waals surface area contributed by atoms with Crippen LogP contribution in [0.5, 0.6) is 0 Å². The summed E-state index contributed by atoms with van der Waals surface area (Å²) in [6.07, 6.45) is 0.994. The molecule has 4 N–H and O–H groups in total. The van der Waals surface area contributed by atoms with Gasteiger partial charge in [0, 0.05) is 31.0 Å². The van der Waals surface area contributed by atoms with Crippen LogP contribution in [0.1, 0.15) is 27.2 Å². The maximum atomic E-state index is 5.43. The summed E-state index contributed by atoms with van der Waals surface area (Å²) >= 11 is 0. The molecule has 0 unspecified atom stereocenters. The lowest BCUT2D eigenvalue weighted by molar-refractivity contribution is 0.866. The average Bonchev–Trinajstić information content (AvgIpc) is 2.46. The Labute approximate surface area is 115 Å². The molecule has 0 fully saturated rings. The summed E-state index contributed by atoms with van der Waals surface area (Å²) in [5.74, 6) is 6.03. The third kappa shape index (κ3) is 4.79. The van der Waals surface area contributed by atoms with Crippen molar-refractivity contribution in [3.63, 3.8) is 0 Å². The fraction of sp³-hybridized carbons (Fsp3) is 0.500. The van der Waals surface area contributed by atoms with Crippen LogP contribution in [0.25, 0.3) is 0 Å². The minimum Gasteiger partial charge on any atom is -0.372 e. The Balaban J connectivity index is 2.70. The fourth-order valence-corrected chi connectivity index (χ4v) is 1.83. The standard InChI is InChI=1S/C14H25N5/c1-4-11-16-14(18-15)17-12-7-9-13(10-8-12)19(5-2)6-3/h7-10H,4-6,11,15H2,1-3H3,(H2,16,17,18). The molecule has 0 atom stereocenters. The van der Waals surface area contributed by atoms with E-state index in [4.69, 9.17) is 5.84 Å². The van der Waals surface area contributed by atoms with Crippen molar-refractivity contribution >= 4 is 17.3 Å². The molecule has 0 spiro atoms. The van der Waals surface area contributed by atoms with Crippen LogP contribution >= 0.6 is 0 Å². The maximum absolute atomic E-state index is 5.43. The minimum atomic E-state index is 0.595. The topological polar surface area (TPSA) is 65.7 Å². The van der Waals surface area contributed by atoms with Crippen molar-refractivity contribution in [3.05, 3.63) is 24.3 Å². The van der Waals surface area contributed by atoms with Gasteiger partial charge in [-0.25, -0.2) is 5.84 Å². The molecule has 1 aromatic rings. The van der Waals surface area contributed by atoms with Crippen molar-refractivity contribution in [1.29, 1.82) is 0 Å². The van der Waals surface area contributed by atoms with Crippen molar-refractivity contribution in [2.24, 2.45) is 10.8 Å². The molecule has 0 aliphatic heterocycles. The summed E-state index contributed by atoms with van der Waals surface area (Å²) in [7, 11) is 0. The Kier molecular flexibility index (Phi) is 6.74. The molecule has 0 aliphatic carbocycles. The Bertz CT molecular complexity index is 381. The first-order chi connectivity index (χ1) is 9.24. The molecule has 1 aromatic carbocycles. The molecule has 106 valence electrons. The number of rotatable bonds is 6. The van der Waals surface area contributed by atoms with Gasteiger partial charge >= 0.3 is 0 Å². The van der Waals surface area contributed by atoms with E-state index in [9.17, 15) is 0 Å². The predicted octanol–water partition coefficient (Wildman–Crippen LogP) is 2.17. The van der Waals surface area contributed by atoms with Gasteiger partial charge in [-0.1, -0.05) is 6.92 Å². The van der Waals surface area contributed by atoms with E-state index in [1.807, 2.05) is 12.1 Å². The van der Waals surface area contributed by atoms with E-state index < -0.39 is 0 Å². The highest BCUT2D eigenvalue weighted by molar-refractivity contribution is 5.93. The Morgan fingerprint density at radius 3 is 2.26 bits per heavy atom. The molecule has 0 saturated carbocycles. The molecule has 0 aliphatic rings. The normalized spacial score (nSPS) is 11.3. The third-order valence-electron chi connectivity index (χ3n) is 2.89. The molecule has 0 saturated heterocycles. The SMILES string of the molecule is CCCN=C(NN)Nc1ccc(N(CC)CC)cc1. The molecular formula is C14H25N5. The number of nitrogens with one attached hydrogen (secondary N) is 2. The predicted molar refractivity (Wildman–Crippen MR) is 83.5 cm³/mol. The van der Waals surface area contributed by atoms with Gasteiger partial charge < -0.3 is 10.2 Å². The van der Waals surface area contributed by atoms with Crippen LogP contribution in [-0.4, -0.2) is 25.6 Å². The van der Waals surface area contributed by atoms with Gasteiger partial charge in [0.05, 0.1) is 0 Å². The van der Waals surface area contributed by atoms with Crippen LogP contribution in [0.15, 0.2) is 29.3 Å². The molecule has 0 heterocycles. The van der Waals surface area contributed by atoms with Gasteiger partial charge in [-0.15, -0.1) is 0 Å². The van der Waals surface area contributed by atoms with E-state index in [1.54, 1.807) is 0 Å². The first-order valence-corrected chi connectivity index (χ1v) is 6.88. The highest BCUT2D eigenvalue weighted by Gasteiger charge is 2.02.